The van der Waals surface area contributed by atoms with Gasteiger partial charge < -0.3 is 10.6 Å². The van der Waals surface area contributed by atoms with Gasteiger partial charge >= 0.3 is 0 Å². The van der Waals surface area contributed by atoms with E-state index in [1.165, 1.54) is 19.1 Å². The third-order valence-electron chi connectivity index (χ3n) is 5.07. The van der Waals surface area contributed by atoms with Crippen molar-refractivity contribution < 1.29 is 18.0 Å². The molecular formula is C21H22Cl2N2O4S. The molecule has 1 aliphatic rings. The summed E-state index contributed by atoms with van der Waals surface area (Å²) in [5.74, 6) is -0.798. The molecule has 1 aliphatic heterocycles. The molecular weight excluding hydrogens is 447 g/mol. The van der Waals surface area contributed by atoms with Crippen LogP contribution in [0.25, 0.3) is 0 Å². The molecule has 6 nitrogen and oxygen atoms in total. The van der Waals surface area contributed by atoms with Crippen LogP contribution in [0.4, 0.5) is 0 Å². The summed E-state index contributed by atoms with van der Waals surface area (Å²) in [6.07, 6.45) is 1.94. The Morgan fingerprint density at radius 1 is 1.23 bits per heavy atom. The standard InChI is InChI=1S/C21H22Cl2N2O4S/c1-12(26)18(9-13-4-3-5-15(8-13)30(2,28)29)25-21(27)19-17(22)10-14-11-24-7-6-16(14)20(19)23/h3-5,8,10,18,24H,6-7,9,11H2,1-2H3,(H,25,27)/t18-/m0/s1. The second kappa shape index (κ2) is 9.06. The third kappa shape index (κ3) is 5.03. The Bertz CT molecular complexity index is 1120. The minimum Gasteiger partial charge on any atom is -0.342 e. The van der Waals surface area contributed by atoms with Gasteiger partial charge in [0.05, 0.1) is 26.5 Å². The molecule has 1 heterocycles. The van der Waals surface area contributed by atoms with Gasteiger partial charge in [0.25, 0.3) is 5.91 Å². The van der Waals surface area contributed by atoms with E-state index in [1.807, 2.05) is 0 Å². The zero-order valence-corrected chi connectivity index (χ0v) is 18.9. The van der Waals surface area contributed by atoms with E-state index in [0.29, 0.717) is 23.6 Å². The molecule has 160 valence electrons. The van der Waals surface area contributed by atoms with Gasteiger partial charge in [-0.3, -0.25) is 9.59 Å². The summed E-state index contributed by atoms with van der Waals surface area (Å²) in [7, 11) is -3.38. The van der Waals surface area contributed by atoms with Crippen LogP contribution in [0.15, 0.2) is 35.2 Å². The third-order valence-corrected chi connectivity index (χ3v) is 6.89. The van der Waals surface area contributed by atoms with E-state index in [-0.39, 0.29) is 27.7 Å². The van der Waals surface area contributed by atoms with E-state index in [9.17, 15) is 18.0 Å². The Labute approximate surface area is 185 Å². The summed E-state index contributed by atoms with van der Waals surface area (Å²) in [5.41, 5.74) is 2.60. The minimum atomic E-state index is -3.38. The first-order valence-corrected chi connectivity index (χ1v) is 12.0. The number of carbonyl (C=O) groups is 2. The molecule has 2 aromatic rings. The fraction of sp³-hybridized carbons (Fsp3) is 0.333. The van der Waals surface area contributed by atoms with E-state index < -0.39 is 21.8 Å². The summed E-state index contributed by atoms with van der Waals surface area (Å²) in [6.45, 7) is 2.75. The predicted molar refractivity (Wildman–Crippen MR) is 117 cm³/mol. The molecule has 30 heavy (non-hydrogen) atoms. The van der Waals surface area contributed by atoms with Gasteiger partial charge in [-0.2, -0.15) is 0 Å². The first kappa shape index (κ1) is 22.7. The monoisotopic (exact) mass is 468 g/mol. The number of sulfone groups is 1. The molecule has 0 aliphatic carbocycles. The predicted octanol–water partition coefficient (Wildman–Crippen LogP) is 2.97. The van der Waals surface area contributed by atoms with Crippen LogP contribution in [0, 0.1) is 0 Å². The first-order chi connectivity index (χ1) is 14.1. The highest BCUT2D eigenvalue weighted by atomic mass is 35.5. The number of nitrogens with one attached hydrogen (secondary N) is 2. The van der Waals surface area contributed by atoms with Gasteiger partial charge in [-0.15, -0.1) is 0 Å². The molecule has 0 bridgehead atoms. The maximum absolute atomic E-state index is 13.0. The smallest absolute Gasteiger partial charge is 0.254 e. The van der Waals surface area contributed by atoms with Gasteiger partial charge in [-0.1, -0.05) is 35.3 Å². The molecule has 0 saturated heterocycles. The van der Waals surface area contributed by atoms with E-state index >= 15 is 0 Å². The van der Waals surface area contributed by atoms with Crippen molar-refractivity contribution in [2.75, 3.05) is 12.8 Å². The van der Waals surface area contributed by atoms with Gasteiger partial charge in [0, 0.05) is 12.8 Å². The van der Waals surface area contributed by atoms with Crippen molar-refractivity contribution >= 4 is 44.7 Å². The average molecular weight is 469 g/mol. The molecule has 0 unspecified atom stereocenters. The first-order valence-electron chi connectivity index (χ1n) is 9.38. The molecule has 3 rings (SSSR count). The number of ketones is 1. The Morgan fingerprint density at radius 3 is 2.63 bits per heavy atom. The summed E-state index contributed by atoms with van der Waals surface area (Å²) in [4.78, 5) is 25.3. The number of hydrogen-bond acceptors (Lipinski definition) is 5. The lowest BCUT2D eigenvalue weighted by atomic mass is 9.97. The van der Waals surface area contributed by atoms with Crippen LogP contribution in [-0.4, -0.2) is 39.0 Å². The van der Waals surface area contributed by atoms with E-state index in [4.69, 9.17) is 23.2 Å². The molecule has 0 radical (unpaired) electrons. The Balaban J connectivity index is 1.86. The SMILES string of the molecule is CC(=O)[C@H](Cc1cccc(S(C)(=O)=O)c1)NC(=O)c1c(Cl)cc2c(c1Cl)CCNC2. The Kier molecular flexibility index (Phi) is 6.87. The Hall–Kier alpha value is -1.93. The fourth-order valence-electron chi connectivity index (χ4n) is 3.45. The number of hydrogen-bond donors (Lipinski definition) is 2. The van der Waals surface area contributed by atoms with E-state index in [2.05, 4.69) is 10.6 Å². The minimum absolute atomic E-state index is 0.147. The second-order valence-corrected chi connectivity index (χ2v) is 10.2. The number of rotatable bonds is 6. The van der Waals surface area contributed by atoms with Crippen molar-refractivity contribution in [2.45, 2.75) is 37.2 Å². The summed E-state index contributed by atoms with van der Waals surface area (Å²) < 4.78 is 23.6. The molecule has 0 aromatic heterocycles. The fourth-order valence-corrected chi connectivity index (χ4v) is 4.90. The largest absolute Gasteiger partial charge is 0.342 e. The lowest BCUT2D eigenvalue weighted by molar-refractivity contribution is -0.118. The van der Waals surface area contributed by atoms with Gasteiger partial charge in [-0.25, -0.2) is 8.42 Å². The molecule has 9 heteroatoms. The van der Waals surface area contributed by atoms with Crippen molar-refractivity contribution in [1.29, 1.82) is 0 Å². The number of carbonyl (C=O) groups excluding carboxylic acids is 2. The van der Waals surface area contributed by atoms with Crippen LogP contribution in [0.5, 0.6) is 0 Å². The van der Waals surface area contributed by atoms with Gasteiger partial charge in [0.2, 0.25) is 0 Å². The zero-order chi connectivity index (χ0) is 22.1. The normalized spacial score (nSPS) is 14.7. The maximum atomic E-state index is 13.0. The maximum Gasteiger partial charge on any atom is 0.254 e. The number of halogens is 2. The lowest BCUT2D eigenvalue weighted by Gasteiger charge is -2.22. The molecule has 0 saturated carbocycles. The van der Waals surface area contributed by atoms with Crippen LogP contribution in [0.1, 0.15) is 34.0 Å². The van der Waals surface area contributed by atoms with Crippen molar-refractivity contribution in [3.05, 3.63) is 62.6 Å². The van der Waals surface area contributed by atoms with Gasteiger partial charge in [0.1, 0.15) is 0 Å². The van der Waals surface area contributed by atoms with Crippen LogP contribution < -0.4 is 10.6 Å². The molecule has 1 atom stereocenters. The number of fused-ring (bicyclic) bond motifs is 1. The quantitative estimate of drug-likeness (QED) is 0.679. The number of benzene rings is 2. The highest BCUT2D eigenvalue weighted by molar-refractivity contribution is 7.90. The van der Waals surface area contributed by atoms with Crippen LogP contribution in [0.3, 0.4) is 0 Å². The molecule has 0 spiro atoms. The summed E-state index contributed by atoms with van der Waals surface area (Å²) in [6, 6.07) is 7.18. The number of amides is 1. The average Bonchev–Trinajstić information content (AvgIpc) is 2.67. The van der Waals surface area contributed by atoms with Gasteiger partial charge in [-0.05, 0) is 61.2 Å². The highest BCUT2D eigenvalue weighted by Crippen LogP contribution is 2.33. The van der Waals surface area contributed by atoms with Crippen molar-refractivity contribution in [3.63, 3.8) is 0 Å². The van der Waals surface area contributed by atoms with E-state index in [0.717, 1.165) is 23.9 Å². The van der Waals surface area contributed by atoms with E-state index in [1.54, 1.807) is 18.2 Å². The molecule has 0 fully saturated rings. The second-order valence-electron chi connectivity index (χ2n) is 7.37. The van der Waals surface area contributed by atoms with Crippen molar-refractivity contribution in [1.82, 2.24) is 10.6 Å². The summed E-state index contributed by atoms with van der Waals surface area (Å²) >= 11 is 12.8. The summed E-state index contributed by atoms with van der Waals surface area (Å²) in [5, 5.41) is 6.46. The zero-order valence-electron chi connectivity index (χ0n) is 16.6. The lowest BCUT2D eigenvalue weighted by Crippen LogP contribution is -2.41. The van der Waals surface area contributed by atoms with Crippen LogP contribution >= 0.6 is 23.2 Å². The molecule has 1 amide bonds. The molecule has 2 N–H and O–H groups in total. The Morgan fingerprint density at radius 2 is 1.97 bits per heavy atom. The van der Waals surface area contributed by atoms with Gasteiger partial charge in [0.15, 0.2) is 15.6 Å². The number of Topliss-reactive ketones (excluding diaryl/α,β-unsaturated/α-hetero) is 1. The van der Waals surface area contributed by atoms with Crippen molar-refractivity contribution in [2.24, 2.45) is 0 Å². The van der Waals surface area contributed by atoms with Crippen LogP contribution in [-0.2, 0) is 34.0 Å². The molecule has 2 aromatic carbocycles. The van der Waals surface area contributed by atoms with Crippen molar-refractivity contribution in [3.8, 4) is 0 Å². The highest BCUT2D eigenvalue weighted by Gasteiger charge is 2.26. The topological polar surface area (TPSA) is 92.3 Å². The van der Waals surface area contributed by atoms with Crippen LogP contribution in [0.2, 0.25) is 10.0 Å².